The molecule has 3 rings (SSSR count). The van der Waals surface area contributed by atoms with Gasteiger partial charge in [-0.25, -0.2) is 15.0 Å². The van der Waals surface area contributed by atoms with Crippen LogP contribution in [0.15, 0.2) is 25.0 Å². The molecule has 0 unspecified atom stereocenters. The quantitative estimate of drug-likeness (QED) is 0.815. The van der Waals surface area contributed by atoms with E-state index in [4.69, 9.17) is 0 Å². The lowest BCUT2D eigenvalue weighted by atomic mass is 10.2. The lowest BCUT2D eigenvalue weighted by Crippen LogP contribution is -2.23. The number of nitrogens with zero attached hydrogens (tertiary/aromatic N) is 5. The van der Waals surface area contributed by atoms with E-state index in [1.807, 2.05) is 18.7 Å². The molecule has 0 aromatic carbocycles. The van der Waals surface area contributed by atoms with Crippen molar-refractivity contribution in [2.24, 2.45) is 0 Å². The predicted molar refractivity (Wildman–Crippen MR) is 69.5 cm³/mol. The van der Waals surface area contributed by atoms with Gasteiger partial charge in [-0.1, -0.05) is 0 Å². The van der Waals surface area contributed by atoms with E-state index in [1.54, 1.807) is 6.33 Å². The van der Waals surface area contributed by atoms with Gasteiger partial charge in [-0.2, -0.15) is 0 Å². The highest BCUT2D eigenvalue weighted by Crippen LogP contribution is 2.26. The van der Waals surface area contributed by atoms with E-state index in [0.717, 1.165) is 44.0 Å². The van der Waals surface area contributed by atoms with E-state index in [2.05, 4.69) is 31.3 Å². The highest BCUT2D eigenvalue weighted by molar-refractivity contribution is 5.53. The van der Waals surface area contributed by atoms with Gasteiger partial charge in [0.2, 0.25) is 0 Å². The fourth-order valence-corrected chi connectivity index (χ4v) is 2.49. The number of anilines is 1. The first-order chi connectivity index (χ1) is 8.84. The molecule has 2 aromatic rings. The summed E-state index contributed by atoms with van der Waals surface area (Å²) < 4.78 is 2.11. The summed E-state index contributed by atoms with van der Waals surface area (Å²) in [6.07, 6.45) is 9.55. The number of hydrogen-bond donors (Lipinski definition) is 0. The standard InChI is InChI=1S/C13H17N5/c1-11-12-3-7-18(13(12)16-9-15-11)6-2-5-17-8-4-14-10-17/h4,8-10H,2-3,5-7H2,1H3. The Balaban J connectivity index is 1.61. The van der Waals surface area contributed by atoms with Crippen LogP contribution >= 0.6 is 0 Å². The maximum Gasteiger partial charge on any atom is 0.135 e. The first kappa shape index (κ1) is 11.2. The van der Waals surface area contributed by atoms with Gasteiger partial charge in [-0.15, -0.1) is 0 Å². The molecule has 0 bridgehead atoms. The second-order valence-corrected chi connectivity index (χ2v) is 4.65. The molecular formula is C13H17N5. The van der Waals surface area contributed by atoms with Gasteiger partial charge < -0.3 is 9.47 Å². The van der Waals surface area contributed by atoms with Crippen molar-refractivity contribution in [3.63, 3.8) is 0 Å². The summed E-state index contributed by atoms with van der Waals surface area (Å²) in [5.41, 5.74) is 2.44. The van der Waals surface area contributed by atoms with E-state index in [-0.39, 0.29) is 0 Å². The number of fused-ring (bicyclic) bond motifs is 1. The highest BCUT2D eigenvalue weighted by Gasteiger charge is 2.21. The molecular weight excluding hydrogens is 226 g/mol. The van der Waals surface area contributed by atoms with Crippen molar-refractivity contribution in [2.75, 3.05) is 18.0 Å². The van der Waals surface area contributed by atoms with Crippen LogP contribution in [-0.2, 0) is 13.0 Å². The molecule has 0 aliphatic carbocycles. The van der Waals surface area contributed by atoms with Crippen molar-refractivity contribution >= 4 is 5.82 Å². The van der Waals surface area contributed by atoms with Crippen LogP contribution in [-0.4, -0.2) is 32.6 Å². The molecule has 0 amide bonds. The predicted octanol–water partition coefficient (Wildman–Crippen LogP) is 1.43. The SMILES string of the molecule is Cc1ncnc2c1CCN2CCCn1ccnc1. The monoisotopic (exact) mass is 243 g/mol. The lowest BCUT2D eigenvalue weighted by Gasteiger charge is -2.18. The minimum atomic E-state index is 1.01. The topological polar surface area (TPSA) is 46.8 Å². The molecule has 18 heavy (non-hydrogen) atoms. The second-order valence-electron chi connectivity index (χ2n) is 4.65. The number of hydrogen-bond acceptors (Lipinski definition) is 4. The van der Waals surface area contributed by atoms with Crippen molar-refractivity contribution in [3.8, 4) is 0 Å². The van der Waals surface area contributed by atoms with Gasteiger partial charge >= 0.3 is 0 Å². The van der Waals surface area contributed by atoms with Crippen LogP contribution in [0, 0.1) is 6.92 Å². The molecule has 94 valence electrons. The van der Waals surface area contributed by atoms with Gasteiger partial charge in [0.05, 0.1) is 6.33 Å². The molecule has 0 atom stereocenters. The Hall–Kier alpha value is -1.91. The summed E-state index contributed by atoms with van der Waals surface area (Å²) in [6, 6.07) is 0. The summed E-state index contributed by atoms with van der Waals surface area (Å²) in [6.45, 7) is 5.19. The normalized spacial score (nSPS) is 13.9. The van der Waals surface area contributed by atoms with Crippen molar-refractivity contribution in [1.82, 2.24) is 19.5 Å². The molecule has 5 nitrogen and oxygen atoms in total. The third kappa shape index (κ3) is 2.08. The molecule has 0 spiro atoms. The van der Waals surface area contributed by atoms with Gasteiger partial charge in [0.25, 0.3) is 0 Å². The summed E-state index contributed by atoms with van der Waals surface area (Å²) in [5, 5.41) is 0. The van der Waals surface area contributed by atoms with Crippen molar-refractivity contribution in [2.45, 2.75) is 26.3 Å². The second kappa shape index (κ2) is 4.76. The summed E-state index contributed by atoms with van der Waals surface area (Å²) in [7, 11) is 0. The Labute approximate surface area is 107 Å². The molecule has 5 heteroatoms. The van der Waals surface area contributed by atoms with Crippen LogP contribution in [0.25, 0.3) is 0 Å². The van der Waals surface area contributed by atoms with Crippen LogP contribution in [0.2, 0.25) is 0 Å². The van der Waals surface area contributed by atoms with E-state index in [0.29, 0.717) is 0 Å². The molecule has 0 radical (unpaired) electrons. The van der Waals surface area contributed by atoms with E-state index >= 15 is 0 Å². The summed E-state index contributed by atoms with van der Waals surface area (Å²) in [4.78, 5) is 15.1. The molecule has 0 N–H and O–H groups in total. The molecule has 1 aliphatic heterocycles. The zero-order valence-electron chi connectivity index (χ0n) is 10.6. The van der Waals surface area contributed by atoms with Crippen LogP contribution in [0.3, 0.4) is 0 Å². The Morgan fingerprint density at radius 2 is 2.22 bits per heavy atom. The van der Waals surface area contributed by atoms with Crippen molar-refractivity contribution in [1.29, 1.82) is 0 Å². The molecule has 0 saturated heterocycles. The zero-order valence-corrected chi connectivity index (χ0v) is 10.6. The molecule has 0 fully saturated rings. The number of imidazole rings is 1. The third-order valence-corrected chi connectivity index (χ3v) is 3.47. The van der Waals surface area contributed by atoms with E-state index < -0.39 is 0 Å². The maximum atomic E-state index is 4.41. The lowest BCUT2D eigenvalue weighted by molar-refractivity contribution is 0.627. The molecule has 3 heterocycles. The van der Waals surface area contributed by atoms with Crippen molar-refractivity contribution < 1.29 is 0 Å². The number of aryl methyl sites for hydroxylation is 2. The zero-order chi connectivity index (χ0) is 12.4. The van der Waals surface area contributed by atoms with Gasteiger partial charge in [-0.3, -0.25) is 0 Å². The average molecular weight is 243 g/mol. The van der Waals surface area contributed by atoms with Gasteiger partial charge in [0.1, 0.15) is 12.1 Å². The smallest absolute Gasteiger partial charge is 0.135 e. The Morgan fingerprint density at radius 1 is 1.28 bits per heavy atom. The Bertz CT molecular complexity index is 520. The molecule has 2 aromatic heterocycles. The van der Waals surface area contributed by atoms with Crippen molar-refractivity contribution in [3.05, 3.63) is 36.3 Å². The van der Waals surface area contributed by atoms with Gasteiger partial charge in [0.15, 0.2) is 0 Å². The largest absolute Gasteiger partial charge is 0.356 e. The highest BCUT2D eigenvalue weighted by atomic mass is 15.2. The van der Waals surface area contributed by atoms with E-state index in [9.17, 15) is 0 Å². The molecule has 0 saturated carbocycles. The maximum absolute atomic E-state index is 4.41. The minimum Gasteiger partial charge on any atom is -0.356 e. The average Bonchev–Trinajstić information content (AvgIpc) is 3.00. The van der Waals surface area contributed by atoms with Crippen LogP contribution in [0.4, 0.5) is 5.82 Å². The first-order valence-corrected chi connectivity index (χ1v) is 6.36. The third-order valence-electron chi connectivity index (χ3n) is 3.47. The Morgan fingerprint density at radius 3 is 3.06 bits per heavy atom. The number of rotatable bonds is 4. The van der Waals surface area contributed by atoms with Crippen LogP contribution < -0.4 is 4.90 Å². The fourth-order valence-electron chi connectivity index (χ4n) is 2.49. The van der Waals surface area contributed by atoms with Gasteiger partial charge in [0, 0.05) is 43.3 Å². The minimum absolute atomic E-state index is 1.01. The molecule has 1 aliphatic rings. The van der Waals surface area contributed by atoms with Crippen LogP contribution in [0.1, 0.15) is 17.7 Å². The van der Waals surface area contributed by atoms with E-state index in [1.165, 1.54) is 5.56 Å². The van der Waals surface area contributed by atoms with Crippen LogP contribution in [0.5, 0.6) is 0 Å². The number of aromatic nitrogens is 4. The first-order valence-electron chi connectivity index (χ1n) is 6.36. The Kier molecular flexibility index (Phi) is 2.96. The fraction of sp³-hybridized carbons (Fsp3) is 0.462. The van der Waals surface area contributed by atoms with Gasteiger partial charge in [-0.05, 0) is 19.8 Å². The summed E-state index contributed by atoms with van der Waals surface area (Å²) >= 11 is 0. The summed E-state index contributed by atoms with van der Waals surface area (Å²) in [5.74, 6) is 1.13.